The number of aromatic nitrogens is 4. The van der Waals surface area contributed by atoms with Crippen molar-refractivity contribution in [3.8, 4) is 5.69 Å². The van der Waals surface area contributed by atoms with Gasteiger partial charge >= 0.3 is 0 Å². The van der Waals surface area contributed by atoms with Crippen LogP contribution in [0.3, 0.4) is 0 Å². The Kier molecular flexibility index (Phi) is 5.45. The maximum Gasteiger partial charge on any atom is 0.247 e. The maximum absolute atomic E-state index is 6.00. The highest BCUT2D eigenvalue weighted by atomic mass is 16.5. The number of aryl methyl sites for hydroxylation is 1. The SMILES string of the molecule is CCC(CC)C1CC(Nc2nnnn2-c2ccc(C)cc2)CCO1. The van der Waals surface area contributed by atoms with E-state index in [1.165, 1.54) is 5.56 Å². The number of nitrogens with zero attached hydrogens (tertiary/aromatic N) is 4. The number of rotatable bonds is 6. The lowest BCUT2D eigenvalue weighted by Gasteiger charge is -2.34. The van der Waals surface area contributed by atoms with Gasteiger partial charge in [0.2, 0.25) is 5.95 Å². The molecule has 1 aliphatic rings. The zero-order valence-corrected chi connectivity index (χ0v) is 14.8. The summed E-state index contributed by atoms with van der Waals surface area (Å²) in [6.07, 6.45) is 4.64. The fourth-order valence-electron chi connectivity index (χ4n) is 3.42. The van der Waals surface area contributed by atoms with Crippen LogP contribution in [0.25, 0.3) is 5.69 Å². The standard InChI is InChI=1S/C18H27N5O/c1-4-14(5-2)17-12-15(10-11-24-17)19-18-20-21-22-23(18)16-8-6-13(3)7-9-16/h6-9,14-15,17H,4-5,10-12H2,1-3H3,(H,19,20,22). The minimum absolute atomic E-state index is 0.329. The van der Waals surface area contributed by atoms with Gasteiger partial charge in [0, 0.05) is 12.6 Å². The summed E-state index contributed by atoms with van der Waals surface area (Å²) < 4.78 is 7.77. The molecule has 0 radical (unpaired) electrons. The van der Waals surface area contributed by atoms with Gasteiger partial charge in [0.25, 0.3) is 0 Å². The van der Waals surface area contributed by atoms with Crippen LogP contribution in [-0.4, -0.2) is 39.0 Å². The van der Waals surface area contributed by atoms with Crippen LogP contribution in [0.1, 0.15) is 45.1 Å². The van der Waals surface area contributed by atoms with E-state index < -0.39 is 0 Å². The van der Waals surface area contributed by atoms with Crippen LogP contribution in [0.15, 0.2) is 24.3 Å². The van der Waals surface area contributed by atoms with Gasteiger partial charge in [-0.2, -0.15) is 4.68 Å². The Bertz CT molecular complexity index is 635. The molecule has 1 aromatic heterocycles. The molecule has 0 saturated carbocycles. The van der Waals surface area contributed by atoms with Crippen molar-refractivity contribution in [2.24, 2.45) is 5.92 Å². The fraction of sp³-hybridized carbons (Fsp3) is 0.611. The third-order valence-electron chi connectivity index (χ3n) is 4.97. The van der Waals surface area contributed by atoms with Gasteiger partial charge in [-0.05, 0) is 48.2 Å². The van der Waals surface area contributed by atoms with Crippen molar-refractivity contribution >= 4 is 5.95 Å². The minimum atomic E-state index is 0.329. The third kappa shape index (κ3) is 3.75. The Balaban J connectivity index is 1.70. The molecule has 0 amide bonds. The van der Waals surface area contributed by atoms with Crippen molar-refractivity contribution < 1.29 is 4.74 Å². The minimum Gasteiger partial charge on any atom is -0.378 e. The molecule has 2 heterocycles. The lowest BCUT2D eigenvalue weighted by molar-refractivity contribution is -0.0272. The predicted molar refractivity (Wildman–Crippen MR) is 94.3 cm³/mol. The first kappa shape index (κ1) is 16.9. The topological polar surface area (TPSA) is 64.9 Å². The number of ether oxygens (including phenoxy) is 1. The van der Waals surface area contributed by atoms with Crippen molar-refractivity contribution in [3.63, 3.8) is 0 Å². The predicted octanol–water partition coefficient (Wildman–Crippen LogP) is 3.37. The van der Waals surface area contributed by atoms with Gasteiger partial charge in [0.05, 0.1) is 11.8 Å². The van der Waals surface area contributed by atoms with Gasteiger partial charge in [0.1, 0.15) is 0 Å². The second-order valence-corrected chi connectivity index (χ2v) is 6.60. The van der Waals surface area contributed by atoms with Crippen molar-refractivity contribution in [2.45, 2.75) is 58.6 Å². The molecule has 24 heavy (non-hydrogen) atoms. The van der Waals surface area contributed by atoms with Gasteiger partial charge in [-0.1, -0.05) is 49.5 Å². The van der Waals surface area contributed by atoms with Crippen molar-refractivity contribution in [1.82, 2.24) is 20.2 Å². The molecule has 1 fully saturated rings. The Morgan fingerprint density at radius 2 is 2.00 bits per heavy atom. The largest absolute Gasteiger partial charge is 0.378 e. The normalized spacial score (nSPS) is 21.2. The number of benzene rings is 1. The summed E-state index contributed by atoms with van der Waals surface area (Å²) in [6.45, 7) is 7.35. The monoisotopic (exact) mass is 329 g/mol. The molecule has 130 valence electrons. The maximum atomic E-state index is 6.00. The molecule has 1 saturated heterocycles. The molecule has 1 aromatic carbocycles. The zero-order chi connectivity index (χ0) is 16.9. The van der Waals surface area contributed by atoms with Crippen LogP contribution < -0.4 is 5.32 Å². The number of hydrogen-bond donors (Lipinski definition) is 1. The summed E-state index contributed by atoms with van der Waals surface area (Å²) in [5.74, 6) is 1.33. The lowest BCUT2D eigenvalue weighted by Crippen LogP contribution is -2.38. The van der Waals surface area contributed by atoms with Gasteiger partial charge in [0.15, 0.2) is 0 Å². The van der Waals surface area contributed by atoms with E-state index in [-0.39, 0.29) is 0 Å². The van der Waals surface area contributed by atoms with E-state index in [9.17, 15) is 0 Å². The first-order valence-electron chi connectivity index (χ1n) is 8.94. The summed E-state index contributed by atoms with van der Waals surface area (Å²) in [4.78, 5) is 0. The van der Waals surface area contributed by atoms with E-state index in [4.69, 9.17) is 4.74 Å². The van der Waals surface area contributed by atoms with E-state index in [2.05, 4.69) is 53.7 Å². The Morgan fingerprint density at radius 3 is 2.71 bits per heavy atom. The highest BCUT2D eigenvalue weighted by Gasteiger charge is 2.28. The van der Waals surface area contributed by atoms with Crippen LogP contribution in [0.5, 0.6) is 0 Å². The van der Waals surface area contributed by atoms with E-state index >= 15 is 0 Å². The molecule has 3 rings (SSSR count). The molecule has 6 nitrogen and oxygen atoms in total. The number of nitrogens with one attached hydrogen (secondary N) is 1. The molecular weight excluding hydrogens is 302 g/mol. The van der Waals surface area contributed by atoms with E-state index in [0.29, 0.717) is 24.0 Å². The fourth-order valence-corrected chi connectivity index (χ4v) is 3.42. The molecule has 0 spiro atoms. The van der Waals surface area contributed by atoms with Crippen LogP contribution in [0.2, 0.25) is 0 Å². The first-order chi connectivity index (χ1) is 11.7. The second-order valence-electron chi connectivity index (χ2n) is 6.60. The van der Waals surface area contributed by atoms with Crippen LogP contribution in [0.4, 0.5) is 5.95 Å². The van der Waals surface area contributed by atoms with E-state index in [1.807, 2.05) is 12.1 Å². The molecule has 0 aliphatic carbocycles. The van der Waals surface area contributed by atoms with Crippen LogP contribution in [-0.2, 0) is 4.74 Å². The molecule has 2 unspecified atom stereocenters. The van der Waals surface area contributed by atoms with Gasteiger partial charge in [-0.15, -0.1) is 0 Å². The Morgan fingerprint density at radius 1 is 1.25 bits per heavy atom. The highest BCUT2D eigenvalue weighted by molar-refractivity contribution is 5.40. The summed E-state index contributed by atoms with van der Waals surface area (Å²) in [6, 6.07) is 8.55. The number of hydrogen-bond acceptors (Lipinski definition) is 5. The summed E-state index contributed by atoms with van der Waals surface area (Å²) in [7, 11) is 0. The van der Waals surface area contributed by atoms with Gasteiger partial charge < -0.3 is 10.1 Å². The van der Waals surface area contributed by atoms with Crippen LogP contribution in [0, 0.1) is 12.8 Å². The summed E-state index contributed by atoms with van der Waals surface area (Å²) in [5, 5.41) is 15.7. The molecule has 2 atom stereocenters. The van der Waals surface area contributed by atoms with Gasteiger partial charge in [-0.3, -0.25) is 0 Å². The molecule has 6 heteroatoms. The first-order valence-corrected chi connectivity index (χ1v) is 8.94. The summed E-state index contributed by atoms with van der Waals surface area (Å²) in [5.41, 5.74) is 2.19. The Hall–Kier alpha value is -1.95. The molecule has 2 aromatic rings. The molecule has 0 bridgehead atoms. The van der Waals surface area contributed by atoms with E-state index in [0.717, 1.165) is 38.0 Å². The Labute approximate surface area is 143 Å². The second kappa shape index (κ2) is 7.75. The molecule has 1 N–H and O–H groups in total. The highest BCUT2D eigenvalue weighted by Crippen LogP contribution is 2.27. The van der Waals surface area contributed by atoms with Crippen molar-refractivity contribution in [2.75, 3.05) is 11.9 Å². The third-order valence-corrected chi connectivity index (χ3v) is 4.97. The zero-order valence-electron chi connectivity index (χ0n) is 14.8. The van der Waals surface area contributed by atoms with Crippen LogP contribution >= 0.6 is 0 Å². The van der Waals surface area contributed by atoms with E-state index in [1.54, 1.807) is 4.68 Å². The average Bonchev–Trinajstić information content (AvgIpc) is 3.05. The van der Waals surface area contributed by atoms with Crippen molar-refractivity contribution in [3.05, 3.63) is 29.8 Å². The number of tetrazole rings is 1. The quantitative estimate of drug-likeness (QED) is 0.880. The molecule has 1 aliphatic heterocycles. The summed E-state index contributed by atoms with van der Waals surface area (Å²) >= 11 is 0. The van der Waals surface area contributed by atoms with Gasteiger partial charge in [-0.25, -0.2) is 0 Å². The van der Waals surface area contributed by atoms with Crippen molar-refractivity contribution in [1.29, 1.82) is 0 Å². The lowest BCUT2D eigenvalue weighted by atomic mass is 9.89. The smallest absolute Gasteiger partial charge is 0.247 e. The number of anilines is 1. The average molecular weight is 329 g/mol. The molecular formula is C18H27N5O.